The van der Waals surface area contributed by atoms with E-state index in [2.05, 4.69) is 27.4 Å². The van der Waals surface area contributed by atoms with Gasteiger partial charge in [0.2, 0.25) is 0 Å². The Morgan fingerprint density at radius 1 is 1.00 bits per heavy atom. The van der Waals surface area contributed by atoms with E-state index in [1.165, 1.54) is 64.6 Å². The van der Waals surface area contributed by atoms with Crippen molar-refractivity contribution in [1.29, 1.82) is 0 Å². The molecule has 0 aromatic carbocycles. The van der Waals surface area contributed by atoms with Crippen LogP contribution in [0.1, 0.15) is 51.9 Å². The SMILES string of the molecule is CCNC(=NCC1CN2CCCC2CO1)NC1CCN(C2CCCC2)C1. The Bertz CT molecular complexity index is 479. The van der Waals surface area contributed by atoms with Crippen LogP contribution in [0.4, 0.5) is 0 Å². The van der Waals surface area contributed by atoms with Crippen molar-refractivity contribution in [2.45, 2.75) is 76.1 Å². The lowest BCUT2D eigenvalue weighted by Gasteiger charge is -2.34. The molecule has 4 aliphatic rings. The minimum atomic E-state index is 0.248. The highest BCUT2D eigenvalue weighted by molar-refractivity contribution is 5.80. The van der Waals surface area contributed by atoms with Gasteiger partial charge in [-0.15, -0.1) is 0 Å². The molecule has 0 amide bonds. The molecule has 148 valence electrons. The van der Waals surface area contributed by atoms with Crippen LogP contribution in [0.15, 0.2) is 4.99 Å². The van der Waals surface area contributed by atoms with E-state index in [-0.39, 0.29) is 6.10 Å². The lowest BCUT2D eigenvalue weighted by atomic mass is 10.2. The zero-order chi connectivity index (χ0) is 17.8. The number of guanidine groups is 1. The van der Waals surface area contributed by atoms with Gasteiger partial charge in [-0.1, -0.05) is 12.8 Å². The molecule has 3 unspecified atom stereocenters. The third kappa shape index (κ3) is 4.52. The van der Waals surface area contributed by atoms with Crippen LogP contribution in [-0.4, -0.2) is 85.9 Å². The second kappa shape index (κ2) is 8.89. The predicted molar refractivity (Wildman–Crippen MR) is 106 cm³/mol. The number of nitrogens with one attached hydrogen (secondary N) is 2. The van der Waals surface area contributed by atoms with Gasteiger partial charge in [0.1, 0.15) is 0 Å². The summed E-state index contributed by atoms with van der Waals surface area (Å²) < 4.78 is 6.06. The summed E-state index contributed by atoms with van der Waals surface area (Å²) in [5.41, 5.74) is 0. The molecular weight excluding hydrogens is 326 g/mol. The number of likely N-dealkylation sites (tertiary alicyclic amines) is 1. The molecule has 4 rings (SSSR count). The van der Waals surface area contributed by atoms with Crippen molar-refractivity contribution in [2.75, 3.05) is 45.9 Å². The average molecular weight is 364 g/mol. The Labute approximate surface area is 158 Å². The van der Waals surface area contributed by atoms with Crippen LogP contribution < -0.4 is 10.6 Å². The van der Waals surface area contributed by atoms with Gasteiger partial charge in [-0.25, -0.2) is 0 Å². The van der Waals surface area contributed by atoms with E-state index in [0.29, 0.717) is 12.1 Å². The number of rotatable bonds is 5. The molecule has 1 aliphatic carbocycles. The fraction of sp³-hybridized carbons (Fsp3) is 0.950. The van der Waals surface area contributed by atoms with Crippen LogP contribution in [-0.2, 0) is 4.74 Å². The van der Waals surface area contributed by atoms with E-state index >= 15 is 0 Å². The molecule has 26 heavy (non-hydrogen) atoms. The first kappa shape index (κ1) is 18.5. The molecule has 3 saturated heterocycles. The Kier molecular flexibility index (Phi) is 6.33. The van der Waals surface area contributed by atoms with E-state index in [0.717, 1.165) is 38.2 Å². The summed E-state index contributed by atoms with van der Waals surface area (Å²) >= 11 is 0. The van der Waals surface area contributed by atoms with Gasteiger partial charge in [0.15, 0.2) is 5.96 Å². The maximum atomic E-state index is 6.06. The normalized spacial score (nSPS) is 34.3. The van der Waals surface area contributed by atoms with Gasteiger partial charge in [0, 0.05) is 44.3 Å². The van der Waals surface area contributed by atoms with E-state index < -0.39 is 0 Å². The van der Waals surface area contributed by atoms with Gasteiger partial charge in [0.05, 0.1) is 19.3 Å². The zero-order valence-corrected chi connectivity index (χ0v) is 16.5. The van der Waals surface area contributed by atoms with Gasteiger partial charge < -0.3 is 15.4 Å². The van der Waals surface area contributed by atoms with E-state index in [9.17, 15) is 0 Å². The molecular formula is C20H37N5O. The highest BCUT2D eigenvalue weighted by Gasteiger charge is 2.32. The van der Waals surface area contributed by atoms with Gasteiger partial charge in [-0.2, -0.15) is 0 Å². The number of aliphatic imine (C=N–C) groups is 1. The van der Waals surface area contributed by atoms with Crippen molar-refractivity contribution in [2.24, 2.45) is 4.99 Å². The molecule has 6 heteroatoms. The summed E-state index contributed by atoms with van der Waals surface area (Å²) in [6.45, 7) is 9.40. The lowest BCUT2D eigenvalue weighted by molar-refractivity contribution is -0.0432. The van der Waals surface area contributed by atoms with Crippen molar-refractivity contribution in [3.63, 3.8) is 0 Å². The van der Waals surface area contributed by atoms with Crippen LogP contribution in [0.2, 0.25) is 0 Å². The number of hydrogen-bond donors (Lipinski definition) is 2. The molecule has 3 atom stereocenters. The Balaban J connectivity index is 1.26. The number of ether oxygens (including phenoxy) is 1. The Morgan fingerprint density at radius 3 is 2.65 bits per heavy atom. The fourth-order valence-corrected chi connectivity index (χ4v) is 5.21. The van der Waals surface area contributed by atoms with Gasteiger partial charge in [-0.3, -0.25) is 14.8 Å². The number of hydrogen-bond acceptors (Lipinski definition) is 4. The number of nitrogens with zero attached hydrogens (tertiary/aromatic N) is 3. The zero-order valence-electron chi connectivity index (χ0n) is 16.5. The smallest absolute Gasteiger partial charge is 0.191 e. The van der Waals surface area contributed by atoms with Crippen LogP contribution in [0.3, 0.4) is 0 Å². The highest BCUT2D eigenvalue weighted by Crippen LogP contribution is 2.26. The maximum absolute atomic E-state index is 6.06. The molecule has 0 bridgehead atoms. The van der Waals surface area contributed by atoms with Crippen LogP contribution >= 0.6 is 0 Å². The minimum Gasteiger partial charge on any atom is -0.373 e. The maximum Gasteiger partial charge on any atom is 0.191 e. The number of morpholine rings is 1. The summed E-state index contributed by atoms with van der Waals surface area (Å²) in [7, 11) is 0. The van der Waals surface area contributed by atoms with Gasteiger partial charge in [0.25, 0.3) is 0 Å². The molecule has 0 spiro atoms. The van der Waals surface area contributed by atoms with Crippen molar-refractivity contribution in [3.8, 4) is 0 Å². The molecule has 4 fully saturated rings. The van der Waals surface area contributed by atoms with E-state index in [1.54, 1.807) is 0 Å². The molecule has 3 aliphatic heterocycles. The predicted octanol–water partition coefficient (Wildman–Crippen LogP) is 1.42. The topological polar surface area (TPSA) is 52.1 Å². The van der Waals surface area contributed by atoms with E-state index in [1.807, 2.05) is 0 Å². The summed E-state index contributed by atoms with van der Waals surface area (Å²) in [5, 5.41) is 7.12. The first-order chi connectivity index (χ1) is 12.8. The summed E-state index contributed by atoms with van der Waals surface area (Å²) in [6.07, 6.45) is 9.75. The fourth-order valence-electron chi connectivity index (χ4n) is 5.21. The molecule has 0 aromatic rings. The third-order valence-corrected chi connectivity index (χ3v) is 6.66. The first-order valence-corrected chi connectivity index (χ1v) is 11.0. The van der Waals surface area contributed by atoms with Crippen LogP contribution in [0, 0.1) is 0 Å². The Morgan fingerprint density at radius 2 is 1.81 bits per heavy atom. The summed E-state index contributed by atoms with van der Waals surface area (Å²) in [6, 6.07) is 2.04. The standard InChI is InChI=1S/C20H37N5O/c1-2-21-20(22-12-19-14-24-10-5-8-18(24)15-26-19)23-16-9-11-25(13-16)17-6-3-4-7-17/h16-19H,2-15H2,1H3,(H2,21,22,23). The molecule has 0 radical (unpaired) electrons. The van der Waals surface area contributed by atoms with Crippen molar-refractivity contribution >= 4 is 5.96 Å². The van der Waals surface area contributed by atoms with Crippen LogP contribution in [0.5, 0.6) is 0 Å². The molecule has 6 nitrogen and oxygen atoms in total. The number of fused-ring (bicyclic) bond motifs is 1. The molecule has 3 heterocycles. The molecule has 2 N–H and O–H groups in total. The first-order valence-electron chi connectivity index (χ1n) is 11.0. The minimum absolute atomic E-state index is 0.248. The second-order valence-electron chi connectivity index (χ2n) is 8.53. The van der Waals surface area contributed by atoms with Crippen molar-refractivity contribution in [1.82, 2.24) is 20.4 Å². The van der Waals surface area contributed by atoms with E-state index in [4.69, 9.17) is 9.73 Å². The second-order valence-corrected chi connectivity index (χ2v) is 8.53. The largest absolute Gasteiger partial charge is 0.373 e. The summed E-state index contributed by atoms with van der Waals surface area (Å²) in [5.74, 6) is 0.970. The third-order valence-electron chi connectivity index (χ3n) is 6.66. The summed E-state index contributed by atoms with van der Waals surface area (Å²) in [4.78, 5) is 10.2. The monoisotopic (exact) mass is 363 g/mol. The Hall–Kier alpha value is -0.850. The van der Waals surface area contributed by atoms with Gasteiger partial charge in [-0.05, 0) is 45.6 Å². The lowest BCUT2D eigenvalue weighted by Crippen LogP contribution is -2.48. The average Bonchev–Trinajstić information content (AvgIpc) is 3.39. The highest BCUT2D eigenvalue weighted by atomic mass is 16.5. The van der Waals surface area contributed by atoms with Crippen molar-refractivity contribution in [3.05, 3.63) is 0 Å². The van der Waals surface area contributed by atoms with Crippen LogP contribution in [0.25, 0.3) is 0 Å². The van der Waals surface area contributed by atoms with Gasteiger partial charge >= 0.3 is 0 Å². The molecule has 1 saturated carbocycles. The molecule has 0 aromatic heterocycles. The quantitative estimate of drug-likeness (QED) is 0.572. The van der Waals surface area contributed by atoms with Crippen molar-refractivity contribution < 1.29 is 4.74 Å².